The molecule has 33 heavy (non-hydrogen) atoms. The van der Waals surface area contributed by atoms with Gasteiger partial charge in [-0.05, 0) is 43.3 Å². The average molecular weight is 507 g/mol. The van der Waals surface area contributed by atoms with E-state index >= 15 is 0 Å². The Balaban J connectivity index is 0.000000414. The van der Waals surface area contributed by atoms with E-state index in [1.165, 1.54) is 0 Å². The summed E-state index contributed by atoms with van der Waals surface area (Å²) in [6.45, 7) is 2.92. The Bertz CT molecular complexity index is 1250. The van der Waals surface area contributed by atoms with Gasteiger partial charge in [0.2, 0.25) is 0 Å². The number of hydrogen-bond donors (Lipinski definition) is 0. The van der Waals surface area contributed by atoms with Gasteiger partial charge in [-0.15, -0.1) is 0 Å². The topological polar surface area (TPSA) is 73.5 Å². The fourth-order valence-corrected chi connectivity index (χ4v) is 3.97. The minimum absolute atomic E-state index is 0.218. The lowest BCUT2D eigenvalue weighted by Crippen LogP contribution is -2.33. The van der Waals surface area contributed by atoms with Crippen LogP contribution < -0.4 is 14.2 Å². The summed E-state index contributed by atoms with van der Waals surface area (Å²) in [5, 5.41) is 1.07. The van der Waals surface area contributed by atoms with Gasteiger partial charge in [0, 0.05) is 31.4 Å². The van der Waals surface area contributed by atoms with E-state index in [9.17, 15) is 17.6 Å². The smallest absolute Gasteiger partial charge is 0.485 e. The van der Waals surface area contributed by atoms with Crippen molar-refractivity contribution < 1.29 is 39.8 Å². The van der Waals surface area contributed by atoms with E-state index in [0.717, 1.165) is 33.2 Å². The second-order valence-electron chi connectivity index (χ2n) is 6.83. The normalized spacial score (nSPS) is 12.0. The van der Waals surface area contributed by atoms with E-state index in [-0.39, 0.29) is 5.82 Å². The van der Waals surface area contributed by atoms with Crippen LogP contribution in [0.15, 0.2) is 36.4 Å². The molecule has 0 atom stereocenters. The van der Waals surface area contributed by atoms with Gasteiger partial charge in [0.25, 0.3) is 10.5 Å². The maximum Gasteiger partial charge on any atom is 0.485 e. The monoisotopic (exact) mass is 506 g/mol. The molecule has 1 aromatic heterocycles. The van der Waals surface area contributed by atoms with Crippen molar-refractivity contribution in [2.75, 3.05) is 26.1 Å². The van der Waals surface area contributed by atoms with E-state index < -0.39 is 15.6 Å². The molecule has 0 spiro atoms. The molecule has 0 saturated carbocycles. The SMILES string of the molecule is CC[n+]1c(/C=C/c2ccc(N(C)C)cc2F)sc2cccc(OC)c21.O=S(=O)([O-])C(F)(F)F. The summed E-state index contributed by atoms with van der Waals surface area (Å²) >= 11 is 1.68. The highest BCUT2D eigenvalue weighted by atomic mass is 32.2. The number of ether oxygens (including phenoxy) is 1. The van der Waals surface area contributed by atoms with Gasteiger partial charge in [0.1, 0.15) is 17.1 Å². The third-order valence-electron chi connectivity index (χ3n) is 4.44. The van der Waals surface area contributed by atoms with Crippen LogP contribution in [-0.2, 0) is 16.7 Å². The summed E-state index contributed by atoms with van der Waals surface area (Å²) in [6, 6.07) is 11.3. The highest BCUT2D eigenvalue weighted by molar-refractivity contribution is 7.86. The van der Waals surface area contributed by atoms with Crippen LogP contribution in [0.25, 0.3) is 22.4 Å². The Morgan fingerprint density at radius 3 is 2.30 bits per heavy atom. The van der Waals surface area contributed by atoms with Crippen LogP contribution in [0.4, 0.5) is 23.2 Å². The number of fused-ring (bicyclic) bond motifs is 1. The number of aryl methyl sites for hydroxylation is 1. The largest absolute Gasteiger partial charge is 0.741 e. The summed E-state index contributed by atoms with van der Waals surface area (Å²) in [6.07, 6.45) is 3.81. The number of nitrogens with zero attached hydrogens (tertiary/aromatic N) is 2. The maximum atomic E-state index is 14.3. The molecule has 0 N–H and O–H groups in total. The number of thiazole rings is 1. The number of hydrogen-bond acceptors (Lipinski definition) is 6. The van der Waals surface area contributed by atoms with Crippen molar-refractivity contribution >= 4 is 49.5 Å². The molecule has 0 aliphatic heterocycles. The molecule has 3 rings (SSSR count). The van der Waals surface area contributed by atoms with Crippen LogP contribution >= 0.6 is 11.3 Å². The molecular formula is C21H22F4N2O4S2. The first-order chi connectivity index (χ1) is 15.3. The van der Waals surface area contributed by atoms with Crippen molar-refractivity contribution in [3.8, 4) is 5.75 Å². The van der Waals surface area contributed by atoms with Crippen LogP contribution in [-0.4, -0.2) is 39.7 Å². The highest BCUT2D eigenvalue weighted by Gasteiger charge is 2.36. The number of methoxy groups -OCH3 is 1. The lowest BCUT2D eigenvalue weighted by Gasteiger charge is -2.12. The summed E-state index contributed by atoms with van der Waals surface area (Å²) in [4.78, 5) is 1.89. The zero-order valence-electron chi connectivity index (χ0n) is 18.2. The molecule has 0 aliphatic rings. The van der Waals surface area contributed by atoms with Gasteiger partial charge >= 0.3 is 5.51 Å². The van der Waals surface area contributed by atoms with Crippen molar-refractivity contribution in [2.24, 2.45) is 0 Å². The number of benzene rings is 2. The maximum absolute atomic E-state index is 14.3. The second-order valence-corrected chi connectivity index (χ2v) is 9.26. The molecule has 0 aliphatic carbocycles. The molecule has 6 nitrogen and oxygen atoms in total. The van der Waals surface area contributed by atoms with Crippen molar-refractivity contribution in [3.63, 3.8) is 0 Å². The molecule has 2 aromatic carbocycles. The summed E-state index contributed by atoms with van der Waals surface area (Å²) in [5.41, 5.74) is -3.13. The molecule has 0 saturated heterocycles. The molecule has 0 bridgehead atoms. The predicted molar refractivity (Wildman–Crippen MR) is 120 cm³/mol. The van der Waals surface area contributed by atoms with E-state index in [1.54, 1.807) is 24.5 Å². The van der Waals surface area contributed by atoms with E-state index in [4.69, 9.17) is 17.7 Å². The molecule has 12 heteroatoms. The Morgan fingerprint density at radius 1 is 1.18 bits per heavy atom. The molecule has 0 amide bonds. The van der Waals surface area contributed by atoms with Gasteiger partial charge in [0.05, 0.1) is 7.11 Å². The fourth-order valence-electron chi connectivity index (χ4n) is 2.82. The molecule has 180 valence electrons. The summed E-state index contributed by atoms with van der Waals surface area (Å²) in [5.74, 6) is 0.640. The second kappa shape index (κ2) is 10.5. The molecule has 1 heterocycles. The number of aromatic nitrogens is 1. The van der Waals surface area contributed by atoms with Gasteiger partial charge in [0.15, 0.2) is 15.9 Å². The molecule has 0 fully saturated rings. The van der Waals surface area contributed by atoms with E-state index in [2.05, 4.69) is 17.6 Å². The summed E-state index contributed by atoms with van der Waals surface area (Å²) < 4.78 is 82.1. The van der Waals surface area contributed by atoms with Crippen molar-refractivity contribution in [3.05, 3.63) is 52.8 Å². The zero-order chi connectivity index (χ0) is 25.0. The first-order valence-corrected chi connectivity index (χ1v) is 11.7. The van der Waals surface area contributed by atoms with Crippen LogP contribution in [0.1, 0.15) is 17.5 Å². The van der Waals surface area contributed by atoms with E-state index in [1.807, 2.05) is 55.4 Å². The average Bonchev–Trinajstić information content (AvgIpc) is 3.09. The van der Waals surface area contributed by atoms with Crippen LogP contribution in [0.2, 0.25) is 0 Å². The Morgan fingerprint density at radius 2 is 1.82 bits per heavy atom. The number of para-hydroxylation sites is 1. The third-order valence-corrected chi connectivity index (χ3v) is 6.12. The first kappa shape index (κ1) is 26.6. The molecule has 0 unspecified atom stereocenters. The molecule has 0 radical (unpaired) electrons. The van der Waals surface area contributed by atoms with Crippen LogP contribution in [0, 0.1) is 5.82 Å². The van der Waals surface area contributed by atoms with Gasteiger partial charge < -0.3 is 14.2 Å². The predicted octanol–water partition coefficient (Wildman–Crippen LogP) is 4.64. The Labute approximate surface area is 193 Å². The zero-order valence-corrected chi connectivity index (χ0v) is 19.8. The highest BCUT2D eigenvalue weighted by Crippen LogP contribution is 2.29. The number of anilines is 1. The number of alkyl halides is 3. The van der Waals surface area contributed by atoms with Gasteiger partial charge in [-0.1, -0.05) is 17.4 Å². The van der Waals surface area contributed by atoms with Gasteiger partial charge in [-0.2, -0.15) is 17.7 Å². The number of rotatable bonds is 5. The van der Waals surface area contributed by atoms with Crippen LogP contribution in [0.5, 0.6) is 5.75 Å². The lowest BCUT2D eigenvalue weighted by molar-refractivity contribution is -0.665. The minimum Gasteiger partial charge on any atom is -0.741 e. The Hall–Kier alpha value is -2.70. The van der Waals surface area contributed by atoms with Crippen molar-refractivity contribution in [2.45, 2.75) is 19.0 Å². The van der Waals surface area contributed by atoms with Crippen LogP contribution in [0.3, 0.4) is 0 Å². The fraction of sp³-hybridized carbons (Fsp3) is 0.286. The lowest BCUT2D eigenvalue weighted by atomic mass is 10.1. The standard InChI is InChI=1S/C20H22FN2OS.CHF3O3S/c1-5-23-19(25-18-8-6-7-17(24-4)20(18)23)12-10-14-9-11-15(22(2)3)13-16(14)21;2-1(3,4)8(5,6)7/h6-13H,5H2,1-4H3;(H,5,6,7)/q+1;/p-1. The van der Waals surface area contributed by atoms with E-state index in [0.29, 0.717) is 5.56 Å². The first-order valence-electron chi connectivity index (χ1n) is 9.46. The van der Waals surface area contributed by atoms with Gasteiger partial charge in [-0.25, -0.2) is 12.8 Å². The van der Waals surface area contributed by atoms with Crippen molar-refractivity contribution in [1.29, 1.82) is 0 Å². The van der Waals surface area contributed by atoms with Gasteiger partial charge in [-0.3, -0.25) is 0 Å². The quantitative estimate of drug-likeness (QED) is 0.218. The third kappa shape index (κ3) is 6.42. The minimum atomic E-state index is -6.09. The van der Waals surface area contributed by atoms with Crippen molar-refractivity contribution in [1.82, 2.24) is 0 Å². The summed E-state index contributed by atoms with van der Waals surface area (Å²) in [7, 11) is -0.602. The molecule has 3 aromatic rings. The molecular weight excluding hydrogens is 484 g/mol. The number of halogens is 4. The Kier molecular flexibility index (Phi) is 8.44.